The topological polar surface area (TPSA) is 27.7 Å². The average molecular weight is 258 g/mol. The molecule has 0 amide bonds. The molecule has 0 rings (SSSR count). The van der Waals surface area contributed by atoms with Crippen molar-refractivity contribution in [3.63, 3.8) is 0 Å². The molecule has 0 radical (unpaired) electrons. The Morgan fingerprint density at radius 1 is 1.06 bits per heavy atom. The number of ether oxygens (including phenoxy) is 2. The average Bonchev–Trinajstić information content (AvgIpc) is 2.22. The normalized spacial score (nSPS) is 14.6. The zero-order chi connectivity index (χ0) is 13.7. The molecule has 0 atom stereocenters. The van der Waals surface area contributed by atoms with E-state index in [1.165, 1.54) is 0 Å². The van der Waals surface area contributed by atoms with E-state index in [4.69, 9.17) is 13.9 Å². The van der Waals surface area contributed by atoms with E-state index in [-0.39, 0.29) is 5.04 Å². The van der Waals surface area contributed by atoms with Crippen molar-refractivity contribution in [1.82, 2.24) is 0 Å². The number of methoxy groups -OCH3 is 2. The van der Waals surface area contributed by atoms with Crippen LogP contribution in [0.3, 0.4) is 0 Å². The molecule has 0 saturated heterocycles. The molecule has 0 aromatic carbocycles. The molecule has 17 heavy (non-hydrogen) atoms. The van der Waals surface area contributed by atoms with Crippen LogP contribution in [-0.4, -0.2) is 22.5 Å². The van der Waals surface area contributed by atoms with Gasteiger partial charge in [0.05, 0.1) is 20.3 Å². The zero-order valence-corrected chi connectivity index (χ0v) is 13.4. The Morgan fingerprint density at radius 3 is 1.88 bits per heavy atom. The van der Waals surface area contributed by atoms with E-state index in [2.05, 4.69) is 33.9 Å². The van der Waals surface area contributed by atoms with Crippen LogP contribution in [0, 0.1) is 0 Å². The van der Waals surface area contributed by atoms with Crippen LogP contribution in [0.15, 0.2) is 23.9 Å². The van der Waals surface area contributed by atoms with E-state index in [9.17, 15) is 0 Å². The summed E-state index contributed by atoms with van der Waals surface area (Å²) in [4.78, 5) is 0. The van der Waals surface area contributed by atoms with E-state index < -0.39 is 8.32 Å². The minimum Gasteiger partial charge on any atom is -0.519 e. The van der Waals surface area contributed by atoms with Crippen LogP contribution in [0.25, 0.3) is 0 Å². The summed E-state index contributed by atoms with van der Waals surface area (Å²) in [6.45, 7) is 12.9. The SMILES string of the molecule is C/C=C(/C=C(\OC)O[Si](C)(C)C(C)(C)C)OC. The number of hydrogen-bond donors (Lipinski definition) is 0. The second-order valence-corrected chi connectivity index (χ2v) is 10.1. The second-order valence-electron chi connectivity index (χ2n) is 5.43. The summed E-state index contributed by atoms with van der Waals surface area (Å²) in [6.07, 6.45) is 3.65. The van der Waals surface area contributed by atoms with Crippen molar-refractivity contribution in [2.75, 3.05) is 14.2 Å². The summed E-state index contributed by atoms with van der Waals surface area (Å²) in [5.74, 6) is 1.26. The van der Waals surface area contributed by atoms with Crippen LogP contribution in [0.4, 0.5) is 0 Å². The lowest BCUT2D eigenvalue weighted by Crippen LogP contribution is -2.40. The molecule has 3 nitrogen and oxygen atoms in total. The van der Waals surface area contributed by atoms with Crippen LogP contribution in [-0.2, 0) is 13.9 Å². The lowest BCUT2D eigenvalue weighted by Gasteiger charge is -2.36. The molecule has 0 aromatic rings. The van der Waals surface area contributed by atoms with Gasteiger partial charge in [-0.05, 0) is 31.1 Å². The quantitative estimate of drug-likeness (QED) is 0.423. The van der Waals surface area contributed by atoms with Gasteiger partial charge in [0, 0.05) is 0 Å². The summed E-state index contributed by atoms with van der Waals surface area (Å²) in [6, 6.07) is 0. The molecule has 0 N–H and O–H groups in total. The van der Waals surface area contributed by atoms with Crippen molar-refractivity contribution in [3.05, 3.63) is 23.9 Å². The molecule has 0 aromatic heterocycles. The standard InChI is InChI=1S/C13H26O3Si/c1-9-11(14-5)10-12(15-6)16-17(7,8)13(2,3)4/h9-10H,1-8H3/b11-9-,12-10+. The van der Waals surface area contributed by atoms with Gasteiger partial charge in [-0.25, -0.2) is 0 Å². The minimum absolute atomic E-state index is 0.147. The zero-order valence-electron chi connectivity index (χ0n) is 12.4. The van der Waals surface area contributed by atoms with Crippen LogP contribution in [0.1, 0.15) is 27.7 Å². The van der Waals surface area contributed by atoms with Gasteiger partial charge in [0.1, 0.15) is 5.76 Å². The van der Waals surface area contributed by atoms with Gasteiger partial charge in [-0.2, -0.15) is 0 Å². The van der Waals surface area contributed by atoms with Gasteiger partial charge >= 0.3 is 0 Å². The smallest absolute Gasteiger partial charge is 0.268 e. The summed E-state index contributed by atoms with van der Waals surface area (Å²) in [7, 11) is 1.39. The summed E-state index contributed by atoms with van der Waals surface area (Å²) < 4.78 is 16.5. The van der Waals surface area contributed by atoms with E-state index in [1.807, 2.05) is 13.0 Å². The van der Waals surface area contributed by atoms with Gasteiger partial charge in [0.2, 0.25) is 0 Å². The molecule has 0 saturated carbocycles. The highest BCUT2D eigenvalue weighted by molar-refractivity contribution is 6.74. The molecular weight excluding hydrogens is 232 g/mol. The van der Waals surface area contributed by atoms with Gasteiger partial charge in [0.15, 0.2) is 0 Å². The van der Waals surface area contributed by atoms with E-state index >= 15 is 0 Å². The Labute approximate surface area is 107 Å². The first kappa shape index (κ1) is 16.1. The fraction of sp³-hybridized carbons (Fsp3) is 0.692. The van der Waals surface area contributed by atoms with Gasteiger partial charge in [-0.3, -0.25) is 0 Å². The van der Waals surface area contributed by atoms with Gasteiger partial charge in [-0.15, -0.1) is 0 Å². The maximum Gasteiger partial charge on any atom is 0.268 e. The van der Waals surface area contributed by atoms with Crippen LogP contribution < -0.4 is 0 Å². The first-order valence-electron chi connectivity index (χ1n) is 5.83. The van der Waals surface area contributed by atoms with Gasteiger partial charge in [-0.1, -0.05) is 20.8 Å². The van der Waals surface area contributed by atoms with Crippen LogP contribution in [0.5, 0.6) is 0 Å². The fourth-order valence-electron chi connectivity index (χ4n) is 0.911. The maximum atomic E-state index is 6.04. The Morgan fingerprint density at radius 2 is 1.59 bits per heavy atom. The Kier molecular flexibility index (Phi) is 5.82. The number of rotatable bonds is 5. The first-order chi connectivity index (χ1) is 7.67. The lowest BCUT2D eigenvalue weighted by molar-refractivity contribution is 0.137. The maximum absolute atomic E-state index is 6.04. The van der Waals surface area contributed by atoms with E-state index in [0.29, 0.717) is 5.95 Å². The molecule has 0 spiro atoms. The Bertz CT molecular complexity index is 298. The molecular formula is C13H26O3Si. The highest BCUT2D eigenvalue weighted by atomic mass is 28.4. The second kappa shape index (κ2) is 6.14. The predicted molar refractivity (Wildman–Crippen MR) is 74.1 cm³/mol. The van der Waals surface area contributed by atoms with Crippen LogP contribution in [0.2, 0.25) is 18.1 Å². The Balaban J connectivity index is 4.96. The highest BCUT2D eigenvalue weighted by Gasteiger charge is 2.39. The third-order valence-corrected chi connectivity index (χ3v) is 7.47. The molecule has 100 valence electrons. The van der Waals surface area contributed by atoms with Crippen LogP contribution >= 0.6 is 0 Å². The van der Waals surface area contributed by atoms with Crippen molar-refractivity contribution in [3.8, 4) is 0 Å². The minimum atomic E-state index is -1.86. The van der Waals surface area contributed by atoms with Crippen molar-refractivity contribution in [2.45, 2.75) is 45.8 Å². The van der Waals surface area contributed by atoms with Crippen molar-refractivity contribution < 1.29 is 13.9 Å². The highest BCUT2D eigenvalue weighted by Crippen LogP contribution is 2.38. The number of allylic oxidation sites excluding steroid dienone is 2. The number of hydrogen-bond acceptors (Lipinski definition) is 3. The third kappa shape index (κ3) is 4.85. The van der Waals surface area contributed by atoms with E-state index in [0.717, 1.165) is 5.76 Å². The summed E-state index contributed by atoms with van der Waals surface area (Å²) in [5.41, 5.74) is 0. The molecule has 0 aliphatic heterocycles. The van der Waals surface area contributed by atoms with Crippen molar-refractivity contribution in [2.24, 2.45) is 0 Å². The molecule has 0 aliphatic carbocycles. The first-order valence-corrected chi connectivity index (χ1v) is 8.73. The molecule has 4 heteroatoms. The molecule has 0 unspecified atom stereocenters. The van der Waals surface area contributed by atoms with E-state index in [1.54, 1.807) is 20.3 Å². The summed E-state index contributed by atoms with van der Waals surface area (Å²) >= 11 is 0. The predicted octanol–water partition coefficient (Wildman–Crippen LogP) is 4.05. The molecule has 0 bridgehead atoms. The van der Waals surface area contributed by atoms with Gasteiger partial charge < -0.3 is 13.9 Å². The van der Waals surface area contributed by atoms with Crippen molar-refractivity contribution >= 4 is 8.32 Å². The molecule has 0 heterocycles. The summed E-state index contributed by atoms with van der Waals surface area (Å²) in [5, 5.41) is 0.147. The monoisotopic (exact) mass is 258 g/mol. The molecule has 0 fully saturated rings. The Hall–Kier alpha value is -0.903. The van der Waals surface area contributed by atoms with Gasteiger partial charge in [0.25, 0.3) is 14.3 Å². The fourth-order valence-corrected chi connectivity index (χ4v) is 1.86. The largest absolute Gasteiger partial charge is 0.519 e. The lowest BCUT2D eigenvalue weighted by atomic mass is 10.2. The van der Waals surface area contributed by atoms with Crippen molar-refractivity contribution in [1.29, 1.82) is 0 Å². The molecule has 0 aliphatic rings. The third-order valence-electron chi connectivity index (χ3n) is 3.14.